The van der Waals surface area contributed by atoms with E-state index in [2.05, 4.69) is 44.0 Å². The monoisotopic (exact) mass is 434 g/mol. The van der Waals surface area contributed by atoms with E-state index in [1.165, 1.54) is 17.1 Å². The lowest BCUT2D eigenvalue weighted by Crippen LogP contribution is -2.48. The quantitative estimate of drug-likeness (QED) is 0.548. The highest BCUT2D eigenvalue weighted by atomic mass is 35.5. The van der Waals surface area contributed by atoms with Crippen LogP contribution in [0.15, 0.2) is 70.7 Å². The number of aromatic nitrogens is 1. The lowest BCUT2D eigenvalue weighted by Gasteiger charge is -2.36. The summed E-state index contributed by atoms with van der Waals surface area (Å²) in [5.74, 6) is 0.645. The van der Waals surface area contributed by atoms with E-state index < -0.39 is 0 Å². The maximum atomic E-state index is 12.5. The molecule has 1 aromatic heterocycles. The van der Waals surface area contributed by atoms with Crippen LogP contribution in [0.4, 0.5) is 5.82 Å². The molecular weight excluding hydrogens is 416 g/mol. The van der Waals surface area contributed by atoms with Crippen LogP contribution >= 0.6 is 23.4 Å². The second-order valence-corrected chi connectivity index (χ2v) is 8.62. The molecule has 2 aliphatic heterocycles. The molecule has 5 nitrogen and oxygen atoms in total. The van der Waals surface area contributed by atoms with Gasteiger partial charge in [0, 0.05) is 32.4 Å². The van der Waals surface area contributed by atoms with E-state index in [9.17, 15) is 4.79 Å². The van der Waals surface area contributed by atoms with Crippen LogP contribution in [0.2, 0.25) is 5.02 Å². The molecule has 2 aromatic carbocycles. The van der Waals surface area contributed by atoms with Crippen LogP contribution in [0, 0.1) is 0 Å². The van der Waals surface area contributed by atoms with Gasteiger partial charge in [-0.3, -0.25) is 4.79 Å². The first kappa shape index (κ1) is 19.2. The van der Waals surface area contributed by atoms with Crippen molar-refractivity contribution in [2.75, 3.05) is 31.1 Å². The van der Waals surface area contributed by atoms with Gasteiger partial charge in [-0.2, -0.15) is 4.99 Å². The molecule has 1 amide bonds. The molecule has 3 aromatic rings. The Hall–Kier alpha value is -2.83. The number of amides is 1. The summed E-state index contributed by atoms with van der Waals surface area (Å²) in [7, 11) is 0. The second kappa shape index (κ2) is 8.13. The van der Waals surface area contributed by atoms with Crippen LogP contribution in [0.5, 0.6) is 0 Å². The normalized spacial score (nSPS) is 18.4. The molecule has 0 radical (unpaired) electrons. The Kier molecular flexibility index (Phi) is 5.19. The average molecular weight is 435 g/mol. The Morgan fingerprint density at radius 1 is 0.933 bits per heavy atom. The maximum Gasteiger partial charge on any atom is 0.286 e. The van der Waals surface area contributed by atoms with E-state index in [4.69, 9.17) is 11.6 Å². The van der Waals surface area contributed by atoms with Crippen molar-refractivity contribution in [2.45, 2.75) is 0 Å². The van der Waals surface area contributed by atoms with Gasteiger partial charge in [0.25, 0.3) is 5.91 Å². The summed E-state index contributed by atoms with van der Waals surface area (Å²) in [6.45, 7) is 3.12. The molecule has 0 N–H and O–H groups in total. The third kappa shape index (κ3) is 3.80. The van der Waals surface area contributed by atoms with Gasteiger partial charge in [0.05, 0.1) is 9.93 Å². The Bertz CT molecular complexity index is 1180. The molecule has 0 spiro atoms. The summed E-state index contributed by atoms with van der Waals surface area (Å²) >= 11 is 7.73. The Morgan fingerprint density at radius 3 is 2.50 bits per heavy atom. The molecule has 7 heteroatoms. The smallest absolute Gasteiger partial charge is 0.286 e. The first-order valence-corrected chi connectivity index (χ1v) is 11.0. The summed E-state index contributed by atoms with van der Waals surface area (Å²) in [4.78, 5) is 26.2. The predicted molar refractivity (Wildman–Crippen MR) is 125 cm³/mol. The minimum Gasteiger partial charge on any atom is -0.352 e. The van der Waals surface area contributed by atoms with E-state index in [1.54, 1.807) is 6.20 Å². The fraction of sp³-hybridized carbons (Fsp3) is 0.174. The highest BCUT2D eigenvalue weighted by Crippen LogP contribution is 2.32. The van der Waals surface area contributed by atoms with Crippen LogP contribution in [0.3, 0.4) is 0 Å². The van der Waals surface area contributed by atoms with Crippen LogP contribution in [0.25, 0.3) is 16.8 Å². The van der Waals surface area contributed by atoms with Gasteiger partial charge in [-0.1, -0.05) is 48.0 Å². The van der Waals surface area contributed by atoms with Crippen molar-refractivity contribution in [3.8, 4) is 0 Å². The molecule has 1 fully saturated rings. The topological polar surface area (TPSA) is 48.8 Å². The lowest BCUT2D eigenvalue weighted by molar-refractivity contribution is -0.113. The summed E-state index contributed by atoms with van der Waals surface area (Å²) < 4.78 is 0. The van der Waals surface area contributed by atoms with Crippen molar-refractivity contribution in [1.29, 1.82) is 0 Å². The van der Waals surface area contributed by atoms with Crippen LogP contribution in [0.1, 0.15) is 5.56 Å². The zero-order chi connectivity index (χ0) is 20.5. The SMILES string of the molecule is O=C1N=C(N2CCN(c3ncccc3Cl)CC2)SC1=Cc1ccc2ccccc2c1. The zero-order valence-corrected chi connectivity index (χ0v) is 17.7. The van der Waals surface area contributed by atoms with E-state index in [0.29, 0.717) is 9.93 Å². The fourth-order valence-electron chi connectivity index (χ4n) is 3.70. The van der Waals surface area contributed by atoms with Gasteiger partial charge in [-0.05, 0) is 52.4 Å². The third-order valence-electron chi connectivity index (χ3n) is 5.27. The third-order valence-corrected chi connectivity index (χ3v) is 6.61. The van der Waals surface area contributed by atoms with E-state index in [1.807, 2.05) is 36.4 Å². The number of hydrogen-bond acceptors (Lipinski definition) is 5. The van der Waals surface area contributed by atoms with Gasteiger partial charge in [0.1, 0.15) is 5.82 Å². The molecule has 1 saturated heterocycles. The standard InChI is InChI=1S/C23H19ClN4OS/c24-19-6-3-9-25-21(19)27-10-12-28(13-11-27)23-26-22(29)20(30-23)15-16-7-8-17-4-1-2-5-18(17)14-16/h1-9,14-15H,10-13H2. The Labute approximate surface area is 184 Å². The largest absolute Gasteiger partial charge is 0.352 e. The van der Waals surface area contributed by atoms with Gasteiger partial charge >= 0.3 is 0 Å². The molecule has 0 saturated carbocycles. The lowest BCUT2D eigenvalue weighted by atomic mass is 10.1. The summed E-state index contributed by atoms with van der Waals surface area (Å²) in [6.07, 6.45) is 3.69. The number of aliphatic imine (C=N–C) groups is 1. The van der Waals surface area contributed by atoms with Crippen molar-refractivity contribution in [2.24, 2.45) is 4.99 Å². The van der Waals surface area contributed by atoms with E-state index in [0.717, 1.165) is 48.1 Å². The van der Waals surface area contributed by atoms with Crippen LogP contribution in [-0.2, 0) is 4.79 Å². The number of thioether (sulfide) groups is 1. The number of rotatable bonds is 2. The number of pyridine rings is 1. The Balaban J connectivity index is 1.27. The number of carbonyl (C=O) groups excluding carboxylic acids is 1. The average Bonchev–Trinajstić information content (AvgIpc) is 3.14. The van der Waals surface area contributed by atoms with Crippen molar-refractivity contribution < 1.29 is 4.79 Å². The van der Waals surface area contributed by atoms with Crippen LogP contribution < -0.4 is 4.90 Å². The highest BCUT2D eigenvalue weighted by molar-refractivity contribution is 8.18. The minimum atomic E-state index is -0.168. The molecule has 0 atom stereocenters. The molecule has 2 aliphatic rings. The van der Waals surface area contributed by atoms with Crippen molar-refractivity contribution >= 4 is 57.1 Å². The van der Waals surface area contributed by atoms with Gasteiger partial charge < -0.3 is 9.80 Å². The minimum absolute atomic E-state index is 0.168. The number of piperazine rings is 1. The molecule has 3 heterocycles. The number of benzene rings is 2. The predicted octanol–water partition coefficient (Wildman–Crippen LogP) is 4.68. The Morgan fingerprint density at radius 2 is 1.70 bits per heavy atom. The van der Waals surface area contributed by atoms with Gasteiger partial charge in [0.15, 0.2) is 5.17 Å². The summed E-state index contributed by atoms with van der Waals surface area (Å²) in [6, 6.07) is 18.1. The van der Waals surface area contributed by atoms with Crippen molar-refractivity contribution in [3.63, 3.8) is 0 Å². The number of hydrogen-bond donors (Lipinski definition) is 0. The zero-order valence-electron chi connectivity index (χ0n) is 16.2. The molecule has 150 valence electrons. The van der Waals surface area contributed by atoms with E-state index >= 15 is 0 Å². The first-order chi connectivity index (χ1) is 14.7. The number of nitrogens with zero attached hydrogens (tertiary/aromatic N) is 4. The number of anilines is 1. The van der Waals surface area contributed by atoms with Crippen molar-refractivity contribution in [1.82, 2.24) is 9.88 Å². The van der Waals surface area contributed by atoms with Gasteiger partial charge in [0.2, 0.25) is 0 Å². The number of halogens is 1. The molecule has 0 bridgehead atoms. The molecule has 30 heavy (non-hydrogen) atoms. The van der Waals surface area contributed by atoms with Crippen molar-refractivity contribution in [3.05, 3.63) is 76.3 Å². The molecule has 0 unspecified atom stereocenters. The number of amidine groups is 1. The van der Waals surface area contributed by atoms with Crippen LogP contribution in [-0.4, -0.2) is 47.1 Å². The number of carbonyl (C=O) groups is 1. The van der Waals surface area contributed by atoms with Gasteiger partial charge in [-0.15, -0.1) is 0 Å². The molecule has 5 rings (SSSR count). The van der Waals surface area contributed by atoms with E-state index in [-0.39, 0.29) is 5.91 Å². The summed E-state index contributed by atoms with van der Waals surface area (Å²) in [5, 5.41) is 3.79. The number of fused-ring (bicyclic) bond motifs is 1. The fourth-order valence-corrected chi connectivity index (χ4v) is 4.91. The second-order valence-electron chi connectivity index (χ2n) is 7.20. The molecular formula is C23H19ClN4OS. The highest BCUT2D eigenvalue weighted by Gasteiger charge is 2.29. The van der Waals surface area contributed by atoms with Gasteiger partial charge in [-0.25, -0.2) is 4.98 Å². The molecule has 0 aliphatic carbocycles. The maximum absolute atomic E-state index is 12.5. The first-order valence-electron chi connectivity index (χ1n) is 9.79. The summed E-state index contributed by atoms with van der Waals surface area (Å²) in [5.41, 5.74) is 1.01.